The van der Waals surface area contributed by atoms with Crippen molar-refractivity contribution in [2.24, 2.45) is 5.73 Å². The van der Waals surface area contributed by atoms with Crippen molar-refractivity contribution < 1.29 is 14.1 Å². The second kappa shape index (κ2) is 6.11. The summed E-state index contributed by atoms with van der Waals surface area (Å²) < 4.78 is 5.25. The Bertz CT molecular complexity index is 737. The number of hydrogen-bond acceptors (Lipinski definition) is 6. The van der Waals surface area contributed by atoms with Crippen molar-refractivity contribution in [3.8, 4) is 0 Å². The first-order valence-electron chi connectivity index (χ1n) is 7.50. The molecule has 0 unspecified atom stereocenters. The van der Waals surface area contributed by atoms with Crippen LogP contribution in [0.25, 0.3) is 0 Å². The Morgan fingerprint density at radius 1 is 1.48 bits per heavy atom. The average molecular weight is 334 g/mol. The summed E-state index contributed by atoms with van der Waals surface area (Å²) in [7, 11) is 0. The lowest BCUT2D eigenvalue weighted by Crippen LogP contribution is -2.30. The second-order valence-corrected chi connectivity index (χ2v) is 6.78. The van der Waals surface area contributed by atoms with Crippen molar-refractivity contribution in [2.45, 2.75) is 38.6 Å². The molecule has 1 saturated heterocycles. The van der Waals surface area contributed by atoms with Gasteiger partial charge in [0.1, 0.15) is 0 Å². The maximum atomic E-state index is 12.7. The summed E-state index contributed by atoms with van der Waals surface area (Å²) in [5.41, 5.74) is 5.60. The number of rotatable bonds is 4. The first kappa shape index (κ1) is 15.7. The molecule has 122 valence electrons. The third kappa shape index (κ3) is 2.98. The Balaban J connectivity index is 1.82. The predicted octanol–water partition coefficient (Wildman–Crippen LogP) is 2.33. The molecule has 0 spiro atoms. The molecule has 0 bridgehead atoms. The Hall–Kier alpha value is -2.22. The molecule has 0 aliphatic carbocycles. The van der Waals surface area contributed by atoms with Gasteiger partial charge in [0.15, 0.2) is 5.82 Å². The van der Waals surface area contributed by atoms with Crippen LogP contribution in [0.15, 0.2) is 16.0 Å². The minimum absolute atomic E-state index is 0.124. The van der Waals surface area contributed by atoms with E-state index in [1.807, 2.05) is 13.8 Å². The lowest BCUT2D eigenvalue weighted by Gasteiger charge is -2.21. The minimum Gasteiger partial charge on any atom is -0.366 e. The Labute approximate surface area is 137 Å². The van der Waals surface area contributed by atoms with Gasteiger partial charge in [-0.25, -0.2) is 0 Å². The van der Waals surface area contributed by atoms with E-state index in [0.717, 1.165) is 12.8 Å². The SMILES string of the molecule is CC(C)c1nc([C@@H]2CCCN2C(=O)c2cc(C(N)=O)cs2)no1. The van der Waals surface area contributed by atoms with Gasteiger partial charge in [-0.15, -0.1) is 11.3 Å². The molecule has 1 aliphatic heterocycles. The van der Waals surface area contributed by atoms with Crippen LogP contribution in [0.1, 0.15) is 70.4 Å². The van der Waals surface area contributed by atoms with E-state index in [1.54, 1.807) is 16.3 Å². The van der Waals surface area contributed by atoms with Gasteiger partial charge in [-0.05, 0) is 18.9 Å². The van der Waals surface area contributed by atoms with E-state index in [4.69, 9.17) is 10.3 Å². The van der Waals surface area contributed by atoms with Gasteiger partial charge in [-0.2, -0.15) is 4.98 Å². The van der Waals surface area contributed by atoms with Gasteiger partial charge in [0, 0.05) is 17.8 Å². The van der Waals surface area contributed by atoms with Crippen molar-refractivity contribution in [3.05, 3.63) is 33.6 Å². The minimum atomic E-state index is -0.530. The summed E-state index contributed by atoms with van der Waals surface area (Å²) >= 11 is 1.22. The molecule has 1 fully saturated rings. The first-order chi connectivity index (χ1) is 11.0. The molecule has 0 saturated carbocycles. The van der Waals surface area contributed by atoms with Crippen molar-refractivity contribution in [1.82, 2.24) is 15.0 Å². The van der Waals surface area contributed by atoms with Crippen LogP contribution in [-0.4, -0.2) is 33.4 Å². The highest BCUT2D eigenvalue weighted by Crippen LogP contribution is 2.33. The fourth-order valence-electron chi connectivity index (χ4n) is 2.61. The summed E-state index contributed by atoms with van der Waals surface area (Å²) in [6, 6.07) is 1.36. The number of nitrogens with zero attached hydrogens (tertiary/aromatic N) is 3. The molecule has 2 aromatic heterocycles. The molecule has 2 amide bonds. The van der Waals surface area contributed by atoms with Crippen LogP contribution in [-0.2, 0) is 0 Å². The van der Waals surface area contributed by atoms with Gasteiger partial charge in [-0.3, -0.25) is 9.59 Å². The number of nitrogens with two attached hydrogens (primary N) is 1. The lowest BCUT2D eigenvalue weighted by molar-refractivity contribution is 0.0733. The van der Waals surface area contributed by atoms with Crippen LogP contribution < -0.4 is 5.73 Å². The zero-order valence-electron chi connectivity index (χ0n) is 13.0. The Morgan fingerprint density at radius 2 is 2.26 bits per heavy atom. The largest absolute Gasteiger partial charge is 0.366 e. The molecule has 3 rings (SSSR count). The summed E-state index contributed by atoms with van der Waals surface area (Å²) in [4.78, 5) is 30.5. The smallest absolute Gasteiger partial charge is 0.264 e. The maximum absolute atomic E-state index is 12.7. The first-order valence-corrected chi connectivity index (χ1v) is 8.38. The Kier molecular flexibility index (Phi) is 4.16. The monoisotopic (exact) mass is 334 g/mol. The Morgan fingerprint density at radius 3 is 2.87 bits per heavy atom. The summed E-state index contributed by atoms with van der Waals surface area (Å²) in [5.74, 6) is 0.619. The van der Waals surface area contributed by atoms with E-state index in [-0.39, 0.29) is 17.9 Å². The molecule has 2 aromatic rings. The highest BCUT2D eigenvalue weighted by atomic mass is 32.1. The molecule has 3 heterocycles. The molecule has 1 aliphatic rings. The third-order valence-corrected chi connectivity index (χ3v) is 4.78. The van der Waals surface area contributed by atoms with Crippen LogP contribution in [0.3, 0.4) is 0 Å². The molecule has 7 nitrogen and oxygen atoms in total. The number of carbonyl (C=O) groups excluding carboxylic acids is 2. The molecule has 0 radical (unpaired) electrons. The quantitative estimate of drug-likeness (QED) is 0.924. The van der Waals surface area contributed by atoms with Gasteiger partial charge in [0.25, 0.3) is 5.91 Å². The lowest BCUT2D eigenvalue weighted by atomic mass is 10.2. The van der Waals surface area contributed by atoms with E-state index >= 15 is 0 Å². The fraction of sp³-hybridized carbons (Fsp3) is 0.467. The number of carbonyl (C=O) groups is 2. The van der Waals surface area contributed by atoms with E-state index in [2.05, 4.69) is 10.1 Å². The van der Waals surface area contributed by atoms with Crippen molar-refractivity contribution in [2.75, 3.05) is 6.54 Å². The molecule has 1 atom stereocenters. The van der Waals surface area contributed by atoms with Gasteiger partial charge in [-0.1, -0.05) is 19.0 Å². The summed E-state index contributed by atoms with van der Waals surface area (Å²) in [6.45, 7) is 4.59. The molecule has 23 heavy (non-hydrogen) atoms. The topological polar surface area (TPSA) is 102 Å². The van der Waals surface area contributed by atoms with Crippen LogP contribution in [0.4, 0.5) is 0 Å². The predicted molar refractivity (Wildman–Crippen MR) is 84.2 cm³/mol. The highest BCUT2D eigenvalue weighted by Gasteiger charge is 2.34. The highest BCUT2D eigenvalue weighted by molar-refractivity contribution is 7.12. The van der Waals surface area contributed by atoms with Crippen LogP contribution >= 0.6 is 11.3 Å². The number of likely N-dealkylation sites (tertiary alicyclic amines) is 1. The van der Waals surface area contributed by atoms with Crippen molar-refractivity contribution >= 4 is 23.2 Å². The summed E-state index contributed by atoms with van der Waals surface area (Å²) in [5, 5.41) is 5.63. The average Bonchev–Trinajstić information content (AvgIpc) is 3.24. The van der Waals surface area contributed by atoms with E-state index in [9.17, 15) is 9.59 Å². The molecule has 2 N–H and O–H groups in total. The van der Waals surface area contributed by atoms with E-state index < -0.39 is 5.91 Å². The molecule has 8 heteroatoms. The molecule has 0 aromatic carbocycles. The van der Waals surface area contributed by atoms with Crippen molar-refractivity contribution in [1.29, 1.82) is 0 Å². The summed E-state index contributed by atoms with van der Waals surface area (Å²) in [6.07, 6.45) is 1.69. The van der Waals surface area contributed by atoms with Crippen LogP contribution in [0.5, 0.6) is 0 Å². The van der Waals surface area contributed by atoms with Crippen molar-refractivity contribution in [3.63, 3.8) is 0 Å². The number of amides is 2. The normalized spacial score (nSPS) is 17.9. The fourth-order valence-corrected chi connectivity index (χ4v) is 3.47. The van der Waals surface area contributed by atoms with Gasteiger partial charge < -0.3 is 15.2 Å². The number of aromatic nitrogens is 2. The number of primary amides is 1. The van der Waals surface area contributed by atoms with Crippen LogP contribution in [0, 0.1) is 0 Å². The maximum Gasteiger partial charge on any atom is 0.264 e. The molecular weight excluding hydrogens is 316 g/mol. The van der Waals surface area contributed by atoms with Gasteiger partial charge in [0.05, 0.1) is 16.5 Å². The zero-order valence-corrected chi connectivity index (χ0v) is 13.8. The molecular formula is C15H18N4O3S. The van der Waals surface area contributed by atoms with Gasteiger partial charge >= 0.3 is 0 Å². The second-order valence-electron chi connectivity index (χ2n) is 5.87. The van der Waals surface area contributed by atoms with E-state index in [1.165, 1.54) is 11.3 Å². The third-order valence-electron chi connectivity index (χ3n) is 3.86. The standard InChI is InChI=1S/C15H18N4O3S/c1-8(2)14-17-13(18-22-14)10-4-3-5-19(10)15(21)11-6-9(7-23-11)12(16)20/h6-8,10H,3-5H2,1-2H3,(H2,16,20)/t10-/m0/s1. The number of thiophene rings is 1. The number of hydrogen-bond donors (Lipinski definition) is 1. The van der Waals surface area contributed by atoms with E-state index in [0.29, 0.717) is 28.7 Å². The van der Waals surface area contributed by atoms with Gasteiger partial charge in [0.2, 0.25) is 11.8 Å². The zero-order chi connectivity index (χ0) is 16.6. The van der Waals surface area contributed by atoms with Crippen LogP contribution in [0.2, 0.25) is 0 Å².